The highest BCUT2D eigenvalue weighted by Gasteiger charge is 2.32. The molecule has 1 aromatic carbocycles. The third-order valence-electron chi connectivity index (χ3n) is 2.07. The van der Waals surface area contributed by atoms with Crippen LogP contribution in [0.3, 0.4) is 0 Å². The number of carbonyl (C=O) groups excluding carboxylic acids is 1. The summed E-state index contributed by atoms with van der Waals surface area (Å²) in [6, 6.07) is 6.86. The van der Waals surface area contributed by atoms with Crippen molar-refractivity contribution in [2.75, 3.05) is 0 Å². The van der Waals surface area contributed by atoms with Gasteiger partial charge in [0.05, 0.1) is 6.04 Å². The third kappa shape index (κ3) is 1.73. The van der Waals surface area contributed by atoms with Gasteiger partial charge in [-0.25, -0.2) is 0 Å². The maximum atomic E-state index is 11.2. The molecule has 0 spiro atoms. The van der Waals surface area contributed by atoms with Crippen LogP contribution in [0.4, 0.5) is 0 Å². The highest BCUT2D eigenvalue weighted by atomic mass is 35.5. The van der Waals surface area contributed by atoms with Crippen molar-refractivity contribution in [1.29, 1.82) is 0 Å². The first kappa shape index (κ1) is 11.4. The summed E-state index contributed by atoms with van der Waals surface area (Å²) >= 11 is 4.08. The summed E-state index contributed by atoms with van der Waals surface area (Å²) in [6.07, 6.45) is 0. The largest absolute Gasteiger partial charge is 0.425 e. The summed E-state index contributed by atoms with van der Waals surface area (Å²) in [5.74, 6) is 0.167. The fourth-order valence-corrected chi connectivity index (χ4v) is 1.55. The highest BCUT2D eigenvalue weighted by molar-refractivity contribution is 7.81. The minimum atomic E-state index is -0.560. The van der Waals surface area contributed by atoms with E-state index in [1.165, 1.54) is 0 Å². The van der Waals surface area contributed by atoms with E-state index in [1.54, 1.807) is 12.1 Å². The fraction of sp³-hybridized carbons (Fsp3) is 0.222. The molecule has 76 valence electrons. The molecule has 0 saturated heterocycles. The Morgan fingerprint density at radius 1 is 1.36 bits per heavy atom. The molecule has 2 rings (SSSR count). The zero-order valence-electron chi connectivity index (χ0n) is 7.21. The summed E-state index contributed by atoms with van der Waals surface area (Å²) in [4.78, 5) is 11.2. The molecule has 2 unspecified atom stereocenters. The van der Waals surface area contributed by atoms with E-state index >= 15 is 0 Å². The number of rotatable bonds is 0. The number of para-hydroxylation sites is 1. The Morgan fingerprint density at radius 2 is 2.00 bits per heavy atom. The van der Waals surface area contributed by atoms with Crippen molar-refractivity contribution in [3.8, 4) is 5.75 Å². The van der Waals surface area contributed by atoms with Gasteiger partial charge in [0.25, 0.3) is 0 Å². The molecular weight excluding hydrogens is 222 g/mol. The van der Waals surface area contributed by atoms with Gasteiger partial charge in [0.2, 0.25) is 0 Å². The number of hydrogen-bond donors (Lipinski definition) is 2. The number of fused-ring (bicyclic) bond motifs is 1. The lowest BCUT2D eigenvalue weighted by atomic mass is 10.0. The van der Waals surface area contributed by atoms with E-state index in [9.17, 15) is 4.79 Å². The molecule has 0 saturated carbocycles. The maximum absolute atomic E-state index is 11.2. The van der Waals surface area contributed by atoms with Gasteiger partial charge in [-0.05, 0) is 6.07 Å². The summed E-state index contributed by atoms with van der Waals surface area (Å²) in [7, 11) is 0. The van der Waals surface area contributed by atoms with Crippen LogP contribution in [0.15, 0.2) is 24.3 Å². The van der Waals surface area contributed by atoms with Crippen molar-refractivity contribution >= 4 is 31.0 Å². The number of ether oxygens (including phenoxy) is 1. The van der Waals surface area contributed by atoms with E-state index in [1.807, 2.05) is 12.1 Å². The van der Waals surface area contributed by atoms with Crippen LogP contribution in [0, 0.1) is 0 Å². The van der Waals surface area contributed by atoms with E-state index in [0.717, 1.165) is 5.56 Å². The van der Waals surface area contributed by atoms with E-state index < -0.39 is 5.25 Å². The lowest BCUT2D eigenvalue weighted by Crippen LogP contribution is -2.36. The Bertz CT molecular complexity index is 358. The Balaban J connectivity index is 0.000000980. The normalized spacial score (nSPS) is 24.6. The first-order valence-corrected chi connectivity index (χ1v) is 4.46. The molecule has 0 aliphatic carbocycles. The second kappa shape index (κ2) is 4.21. The van der Waals surface area contributed by atoms with Crippen molar-refractivity contribution in [2.45, 2.75) is 11.3 Å². The molecule has 2 N–H and O–H groups in total. The fourth-order valence-electron chi connectivity index (χ4n) is 1.33. The van der Waals surface area contributed by atoms with Crippen molar-refractivity contribution in [3.63, 3.8) is 0 Å². The second-order valence-corrected chi connectivity index (χ2v) is 3.49. The van der Waals surface area contributed by atoms with Gasteiger partial charge < -0.3 is 10.5 Å². The van der Waals surface area contributed by atoms with E-state index in [2.05, 4.69) is 12.6 Å². The van der Waals surface area contributed by atoms with Crippen LogP contribution in [0.2, 0.25) is 0 Å². The number of benzene rings is 1. The predicted octanol–water partition coefficient (Wildman–Crippen LogP) is 1.33. The van der Waals surface area contributed by atoms with Gasteiger partial charge >= 0.3 is 5.97 Å². The van der Waals surface area contributed by atoms with Crippen LogP contribution in [0.5, 0.6) is 5.75 Å². The average molecular weight is 232 g/mol. The summed E-state index contributed by atoms with van der Waals surface area (Å²) in [6.45, 7) is 0. The number of nitrogens with two attached hydrogens (primary N) is 1. The van der Waals surface area contributed by atoms with E-state index in [0.29, 0.717) is 5.75 Å². The van der Waals surface area contributed by atoms with Gasteiger partial charge in [0.15, 0.2) is 0 Å². The zero-order chi connectivity index (χ0) is 9.42. The monoisotopic (exact) mass is 231 g/mol. The molecule has 0 fully saturated rings. The highest BCUT2D eigenvalue weighted by Crippen LogP contribution is 2.32. The predicted molar refractivity (Wildman–Crippen MR) is 59.0 cm³/mol. The molecule has 1 aliphatic heterocycles. The van der Waals surface area contributed by atoms with Crippen LogP contribution in [-0.2, 0) is 4.79 Å². The van der Waals surface area contributed by atoms with Crippen LogP contribution in [0.1, 0.15) is 11.6 Å². The molecule has 14 heavy (non-hydrogen) atoms. The van der Waals surface area contributed by atoms with Gasteiger partial charge in [0, 0.05) is 5.56 Å². The minimum absolute atomic E-state index is 0. The molecule has 1 aliphatic rings. The first-order chi connectivity index (χ1) is 6.20. The Labute approximate surface area is 93.4 Å². The van der Waals surface area contributed by atoms with Crippen molar-refractivity contribution in [2.24, 2.45) is 5.73 Å². The molecule has 0 radical (unpaired) electrons. The smallest absolute Gasteiger partial charge is 0.326 e. The van der Waals surface area contributed by atoms with Crippen molar-refractivity contribution in [1.82, 2.24) is 0 Å². The van der Waals surface area contributed by atoms with E-state index in [4.69, 9.17) is 10.5 Å². The van der Waals surface area contributed by atoms with Crippen LogP contribution >= 0.6 is 25.0 Å². The van der Waals surface area contributed by atoms with Crippen LogP contribution in [0.25, 0.3) is 0 Å². The molecule has 0 bridgehead atoms. The lowest BCUT2D eigenvalue weighted by molar-refractivity contribution is -0.135. The van der Waals surface area contributed by atoms with Crippen molar-refractivity contribution in [3.05, 3.63) is 29.8 Å². The molecule has 5 heteroatoms. The summed E-state index contributed by atoms with van der Waals surface area (Å²) < 4.78 is 5.02. The van der Waals surface area contributed by atoms with Gasteiger partial charge in [-0.2, -0.15) is 12.6 Å². The first-order valence-electron chi connectivity index (χ1n) is 3.94. The maximum Gasteiger partial charge on any atom is 0.326 e. The quantitative estimate of drug-likeness (QED) is 0.402. The van der Waals surface area contributed by atoms with Crippen molar-refractivity contribution < 1.29 is 9.53 Å². The molecule has 0 aromatic heterocycles. The Morgan fingerprint density at radius 3 is 2.71 bits per heavy atom. The topological polar surface area (TPSA) is 52.3 Å². The van der Waals surface area contributed by atoms with Gasteiger partial charge in [-0.1, -0.05) is 18.2 Å². The molecular formula is C9H10ClNO2S. The average Bonchev–Trinajstić information content (AvgIpc) is 2.15. The van der Waals surface area contributed by atoms with E-state index in [-0.39, 0.29) is 24.4 Å². The van der Waals surface area contributed by atoms with Crippen LogP contribution in [-0.4, -0.2) is 11.2 Å². The van der Waals surface area contributed by atoms with Gasteiger partial charge in [0.1, 0.15) is 11.0 Å². The lowest BCUT2D eigenvalue weighted by Gasteiger charge is -2.25. The molecule has 2 atom stereocenters. The minimum Gasteiger partial charge on any atom is -0.425 e. The summed E-state index contributed by atoms with van der Waals surface area (Å²) in [5.41, 5.74) is 6.64. The SMILES string of the molecule is Cl.NC1c2ccccc2OC(=O)C1S. The Kier molecular flexibility index (Phi) is 3.42. The number of carbonyl (C=O) groups is 1. The third-order valence-corrected chi connectivity index (χ3v) is 2.60. The Hall–Kier alpha value is -0.710. The molecule has 0 amide bonds. The van der Waals surface area contributed by atoms with Gasteiger partial charge in [-0.15, -0.1) is 12.4 Å². The zero-order valence-corrected chi connectivity index (χ0v) is 8.92. The number of halogens is 1. The molecule has 1 aromatic rings. The molecule has 1 heterocycles. The van der Waals surface area contributed by atoms with Gasteiger partial charge in [-0.3, -0.25) is 4.79 Å². The summed E-state index contributed by atoms with van der Waals surface area (Å²) in [5, 5.41) is -0.560. The number of hydrogen-bond acceptors (Lipinski definition) is 4. The van der Waals surface area contributed by atoms with Crippen LogP contribution < -0.4 is 10.5 Å². The molecule has 3 nitrogen and oxygen atoms in total. The standard InChI is InChI=1S/C9H9NO2S.ClH/c10-7-5-3-1-2-4-6(5)12-9(11)8(7)13;/h1-4,7-8,13H,10H2;1H. The number of esters is 1. The second-order valence-electron chi connectivity index (χ2n) is 2.93. The number of thiol groups is 1.